The van der Waals surface area contributed by atoms with Crippen molar-refractivity contribution in [3.8, 4) is 0 Å². The maximum atomic E-state index is 11.4. The molecule has 1 aliphatic carbocycles. The van der Waals surface area contributed by atoms with Crippen molar-refractivity contribution in [2.24, 2.45) is 0 Å². The molecule has 0 spiro atoms. The van der Waals surface area contributed by atoms with Crippen LogP contribution in [0.5, 0.6) is 0 Å². The predicted octanol–water partition coefficient (Wildman–Crippen LogP) is 3.57. The third kappa shape index (κ3) is 2.51. The zero-order valence-corrected chi connectivity index (χ0v) is 13.0. The van der Waals surface area contributed by atoms with Crippen molar-refractivity contribution < 1.29 is 4.79 Å². The summed E-state index contributed by atoms with van der Waals surface area (Å²) >= 11 is 0. The van der Waals surface area contributed by atoms with Crippen molar-refractivity contribution in [3.05, 3.63) is 35.0 Å². The van der Waals surface area contributed by atoms with Crippen molar-refractivity contribution in [3.63, 3.8) is 0 Å². The molecule has 0 fully saturated rings. The number of hydrogen-bond donors (Lipinski definition) is 1. The first-order valence-corrected chi connectivity index (χ1v) is 8.09. The molecule has 0 saturated carbocycles. The fourth-order valence-corrected chi connectivity index (χ4v) is 3.75. The SMILES string of the molecule is CCCN(CCC)[C@H]1Cc2c[nH]c3ccc(C=O)c(c23)C1. The minimum atomic E-state index is 0.525. The Kier molecular flexibility index (Phi) is 4.11. The van der Waals surface area contributed by atoms with Gasteiger partial charge in [0.25, 0.3) is 0 Å². The van der Waals surface area contributed by atoms with Gasteiger partial charge in [-0.05, 0) is 62.0 Å². The van der Waals surface area contributed by atoms with E-state index >= 15 is 0 Å². The Morgan fingerprint density at radius 2 is 2.00 bits per heavy atom. The topological polar surface area (TPSA) is 36.1 Å². The fourth-order valence-electron chi connectivity index (χ4n) is 3.75. The number of benzene rings is 1. The fraction of sp³-hybridized carbons (Fsp3) is 0.500. The van der Waals surface area contributed by atoms with Gasteiger partial charge < -0.3 is 4.98 Å². The van der Waals surface area contributed by atoms with Crippen molar-refractivity contribution >= 4 is 17.2 Å². The van der Waals surface area contributed by atoms with Crippen LogP contribution in [0.1, 0.15) is 48.2 Å². The van der Waals surface area contributed by atoms with Gasteiger partial charge in [0, 0.05) is 28.7 Å². The molecule has 0 amide bonds. The lowest BCUT2D eigenvalue weighted by Crippen LogP contribution is -2.41. The van der Waals surface area contributed by atoms with Crippen molar-refractivity contribution in [2.75, 3.05) is 13.1 Å². The molecule has 3 nitrogen and oxygen atoms in total. The molecule has 1 aliphatic rings. The van der Waals surface area contributed by atoms with Crippen LogP contribution in [0.25, 0.3) is 10.9 Å². The number of nitrogens with zero attached hydrogens (tertiary/aromatic N) is 1. The number of hydrogen-bond acceptors (Lipinski definition) is 2. The standard InChI is InChI=1S/C18H24N2O/c1-3-7-20(8-4-2)15-9-14-11-19-17-6-5-13(12-21)16(10-15)18(14)17/h5-6,11-12,15,19H,3-4,7-10H2,1-2H3/t15-/m0/s1. The van der Waals surface area contributed by atoms with E-state index in [1.807, 2.05) is 12.1 Å². The summed E-state index contributed by atoms with van der Waals surface area (Å²) in [7, 11) is 0. The summed E-state index contributed by atoms with van der Waals surface area (Å²) < 4.78 is 0. The highest BCUT2D eigenvalue weighted by molar-refractivity contribution is 5.94. The number of aldehydes is 1. The summed E-state index contributed by atoms with van der Waals surface area (Å²) in [6.07, 6.45) is 7.59. The monoisotopic (exact) mass is 284 g/mol. The smallest absolute Gasteiger partial charge is 0.150 e. The first-order chi connectivity index (χ1) is 10.3. The predicted molar refractivity (Wildman–Crippen MR) is 87.0 cm³/mol. The summed E-state index contributed by atoms with van der Waals surface area (Å²) in [5, 5.41) is 1.30. The molecule has 1 aromatic heterocycles. The Bertz CT molecular complexity index is 638. The second-order valence-corrected chi connectivity index (χ2v) is 6.09. The molecule has 0 aliphatic heterocycles. The van der Waals surface area contributed by atoms with Gasteiger partial charge in [0.2, 0.25) is 0 Å². The number of aromatic nitrogens is 1. The summed E-state index contributed by atoms with van der Waals surface area (Å²) in [5.74, 6) is 0. The molecule has 0 saturated heterocycles. The highest BCUT2D eigenvalue weighted by Gasteiger charge is 2.27. The zero-order valence-electron chi connectivity index (χ0n) is 13.0. The second kappa shape index (κ2) is 6.02. The molecule has 21 heavy (non-hydrogen) atoms. The lowest BCUT2D eigenvalue weighted by Gasteiger charge is -2.34. The van der Waals surface area contributed by atoms with Crippen LogP contribution in [-0.2, 0) is 12.8 Å². The quantitative estimate of drug-likeness (QED) is 0.823. The van der Waals surface area contributed by atoms with Gasteiger partial charge in [-0.1, -0.05) is 13.8 Å². The Morgan fingerprint density at radius 3 is 2.67 bits per heavy atom. The Morgan fingerprint density at radius 1 is 1.24 bits per heavy atom. The third-order valence-corrected chi connectivity index (χ3v) is 4.63. The molecule has 1 atom stereocenters. The molecule has 0 radical (unpaired) electrons. The van der Waals surface area contributed by atoms with Crippen LogP contribution in [0.3, 0.4) is 0 Å². The van der Waals surface area contributed by atoms with Crippen LogP contribution in [0, 0.1) is 0 Å². The average Bonchev–Trinajstić information content (AvgIpc) is 2.92. The lowest BCUT2D eigenvalue weighted by molar-refractivity contribution is 0.112. The number of carbonyl (C=O) groups is 1. The highest BCUT2D eigenvalue weighted by atomic mass is 16.1. The Hall–Kier alpha value is -1.61. The van der Waals surface area contributed by atoms with E-state index < -0.39 is 0 Å². The van der Waals surface area contributed by atoms with Crippen LogP contribution in [0.15, 0.2) is 18.3 Å². The summed E-state index contributed by atoms with van der Waals surface area (Å²) in [5.41, 5.74) is 4.65. The lowest BCUT2D eigenvalue weighted by atomic mass is 9.86. The van der Waals surface area contributed by atoms with Gasteiger partial charge in [0.05, 0.1) is 0 Å². The van der Waals surface area contributed by atoms with Gasteiger partial charge in [0.15, 0.2) is 0 Å². The highest BCUT2D eigenvalue weighted by Crippen LogP contribution is 2.33. The maximum Gasteiger partial charge on any atom is 0.150 e. The summed E-state index contributed by atoms with van der Waals surface area (Å²) in [6, 6.07) is 4.51. The van der Waals surface area contributed by atoms with E-state index in [1.165, 1.54) is 34.9 Å². The molecule has 3 rings (SSSR count). The van der Waals surface area contributed by atoms with Gasteiger partial charge >= 0.3 is 0 Å². The molecule has 0 bridgehead atoms. The van der Waals surface area contributed by atoms with E-state index in [2.05, 4.69) is 29.9 Å². The van der Waals surface area contributed by atoms with E-state index in [9.17, 15) is 4.79 Å². The van der Waals surface area contributed by atoms with Crippen LogP contribution in [0.2, 0.25) is 0 Å². The maximum absolute atomic E-state index is 11.4. The number of carbonyl (C=O) groups excluding carboxylic acids is 1. The van der Waals surface area contributed by atoms with E-state index in [0.717, 1.165) is 37.8 Å². The van der Waals surface area contributed by atoms with Crippen molar-refractivity contribution in [2.45, 2.75) is 45.6 Å². The van der Waals surface area contributed by atoms with Gasteiger partial charge in [-0.15, -0.1) is 0 Å². The minimum Gasteiger partial charge on any atom is -0.361 e. The largest absolute Gasteiger partial charge is 0.361 e. The molecule has 3 heteroatoms. The zero-order chi connectivity index (χ0) is 14.8. The van der Waals surface area contributed by atoms with E-state index in [1.54, 1.807) is 0 Å². The van der Waals surface area contributed by atoms with Crippen LogP contribution >= 0.6 is 0 Å². The number of aromatic amines is 1. The summed E-state index contributed by atoms with van der Waals surface area (Å²) in [6.45, 7) is 6.77. The van der Waals surface area contributed by atoms with Crippen LogP contribution < -0.4 is 0 Å². The van der Waals surface area contributed by atoms with E-state index in [-0.39, 0.29) is 0 Å². The molecule has 1 heterocycles. The molecule has 2 aromatic rings. The van der Waals surface area contributed by atoms with Crippen molar-refractivity contribution in [1.82, 2.24) is 9.88 Å². The Labute approximate surface area is 126 Å². The van der Waals surface area contributed by atoms with Crippen molar-refractivity contribution in [1.29, 1.82) is 0 Å². The molecule has 1 aromatic carbocycles. The first kappa shape index (κ1) is 14.3. The molecule has 112 valence electrons. The number of rotatable bonds is 6. The van der Waals surface area contributed by atoms with Gasteiger partial charge in [-0.3, -0.25) is 9.69 Å². The normalized spacial score (nSPS) is 17.6. The van der Waals surface area contributed by atoms with Gasteiger partial charge in [0.1, 0.15) is 6.29 Å². The minimum absolute atomic E-state index is 0.525. The molecule has 0 unspecified atom stereocenters. The van der Waals surface area contributed by atoms with Crippen LogP contribution in [-0.4, -0.2) is 35.3 Å². The average molecular weight is 284 g/mol. The molecular formula is C18H24N2O. The number of nitrogens with one attached hydrogen (secondary N) is 1. The van der Waals surface area contributed by atoms with E-state index in [0.29, 0.717) is 6.04 Å². The van der Waals surface area contributed by atoms with E-state index in [4.69, 9.17) is 0 Å². The van der Waals surface area contributed by atoms with Gasteiger partial charge in [-0.2, -0.15) is 0 Å². The number of H-pyrrole nitrogens is 1. The third-order valence-electron chi connectivity index (χ3n) is 4.63. The second-order valence-electron chi connectivity index (χ2n) is 6.09. The molecule has 1 N–H and O–H groups in total. The summed E-state index contributed by atoms with van der Waals surface area (Å²) in [4.78, 5) is 17.4. The van der Waals surface area contributed by atoms with Crippen LogP contribution in [0.4, 0.5) is 0 Å². The molecular weight excluding hydrogens is 260 g/mol. The Balaban J connectivity index is 1.99. The van der Waals surface area contributed by atoms with Gasteiger partial charge in [-0.25, -0.2) is 0 Å². The first-order valence-electron chi connectivity index (χ1n) is 8.09.